The summed E-state index contributed by atoms with van der Waals surface area (Å²) < 4.78 is 28.9. The SMILES string of the molecule is CCCC(C(=O)Nc1ccn(-c2ccnc(F)c2)n1)c1ccccc1.CCCC(C(=O)O)c1ccccc1.Nc1ccn(-c2ccnc(F)c2)n1. The van der Waals surface area contributed by atoms with Gasteiger partial charge in [-0.05, 0) is 36.1 Å². The van der Waals surface area contributed by atoms with Gasteiger partial charge >= 0.3 is 5.97 Å². The number of carboxylic acids is 1. The van der Waals surface area contributed by atoms with Gasteiger partial charge in [-0.15, -0.1) is 0 Å². The highest BCUT2D eigenvalue weighted by molar-refractivity contribution is 5.95. The highest BCUT2D eigenvalue weighted by atomic mass is 19.1. The first-order valence-corrected chi connectivity index (χ1v) is 16.4. The molecule has 0 aliphatic rings. The molecule has 2 atom stereocenters. The van der Waals surface area contributed by atoms with E-state index in [9.17, 15) is 18.4 Å². The smallest absolute Gasteiger partial charge is 0.310 e. The maximum atomic E-state index is 13.2. The third kappa shape index (κ3) is 11.4. The molecule has 0 saturated carbocycles. The van der Waals surface area contributed by atoms with Crippen LogP contribution in [0.1, 0.15) is 62.5 Å². The molecule has 0 saturated heterocycles. The van der Waals surface area contributed by atoms with Crippen LogP contribution >= 0.6 is 0 Å². The molecule has 11 nitrogen and oxygen atoms in total. The van der Waals surface area contributed by atoms with Crippen LogP contribution in [0.5, 0.6) is 0 Å². The third-order valence-corrected chi connectivity index (χ3v) is 7.57. The summed E-state index contributed by atoms with van der Waals surface area (Å²) in [7, 11) is 0. The molecule has 6 rings (SSSR count). The van der Waals surface area contributed by atoms with E-state index in [2.05, 4.69) is 32.4 Å². The van der Waals surface area contributed by atoms with Gasteiger partial charge in [-0.2, -0.15) is 19.0 Å². The van der Waals surface area contributed by atoms with Crippen LogP contribution in [0.2, 0.25) is 0 Å². The Morgan fingerprint density at radius 1 is 0.725 bits per heavy atom. The van der Waals surface area contributed by atoms with Crippen molar-refractivity contribution in [3.63, 3.8) is 0 Å². The summed E-state index contributed by atoms with van der Waals surface area (Å²) in [6, 6.07) is 28.3. The number of hydrogen-bond acceptors (Lipinski definition) is 7. The number of aromatic nitrogens is 6. The van der Waals surface area contributed by atoms with Gasteiger partial charge in [-0.3, -0.25) is 9.59 Å². The largest absolute Gasteiger partial charge is 0.481 e. The maximum absolute atomic E-state index is 13.2. The van der Waals surface area contributed by atoms with Crippen molar-refractivity contribution < 1.29 is 23.5 Å². The number of nitrogen functional groups attached to an aromatic ring is 1. The minimum Gasteiger partial charge on any atom is -0.481 e. The molecule has 0 bridgehead atoms. The van der Waals surface area contributed by atoms with Crippen molar-refractivity contribution in [1.29, 1.82) is 0 Å². The highest BCUT2D eigenvalue weighted by Crippen LogP contribution is 2.23. The first-order valence-electron chi connectivity index (χ1n) is 16.4. The molecule has 13 heteroatoms. The van der Waals surface area contributed by atoms with Crippen LogP contribution in [-0.4, -0.2) is 46.5 Å². The summed E-state index contributed by atoms with van der Waals surface area (Å²) in [6.07, 6.45) is 9.33. The Hall–Kier alpha value is -6.24. The Balaban J connectivity index is 0.000000189. The van der Waals surface area contributed by atoms with Gasteiger partial charge in [0.25, 0.3) is 0 Å². The van der Waals surface area contributed by atoms with Crippen molar-refractivity contribution in [3.05, 3.63) is 145 Å². The van der Waals surface area contributed by atoms with E-state index in [4.69, 9.17) is 10.8 Å². The van der Waals surface area contributed by atoms with E-state index in [0.717, 1.165) is 30.4 Å². The molecule has 0 aliphatic heterocycles. The van der Waals surface area contributed by atoms with E-state index < -0.39 is 17.9 Å². The lowest BCUT2D eigenvalue weighted by molar-refractivity contribution is -0.139. The van der Waals surface area contributed by atoms with Crippen molar-refractivity contribution in [2.24, 2.45) is 0 Å². The van der Waals surface area contributed by atoms with Crippen molar-refractivity contribution in [3.8, 4) is 11.4 Å². The molecule has 0 radical (unpaired) electrons. The number of aliphatic carboxylic acids is 1. The zero-order valence-corrected chi connectivity index (χ0v) is 28.3. The summed E-state index contributed by atoms with van der Waals surface area (Å²) in [4.78, 5) is 30.5. The number of rotatable bonds is 11. The van der Waals surface area contributed by atoms with Crippen LogP contribution in [0.3, 0.4) is 0 Å². The fourth-order valence-corrected chi connectivity index (χ4v) is 5.13. The summed E-state index contributed by atoms with van der Waals surface area (Å²) in [5, 5.41) is 20.0. The number of carboxylic acid groups (broad SMARTS) is 1. The minimum atomic E-state index is -0.729. The minimum absolute atomic E-state index is 0.0980. The number of anilines is 2. The van der Waals surface area contributed by atoms with Crippen LogP contribution in [0.25, 0.3) is 11.4 Å². The van der Waals surface area contributed by atoms with Gasteiger partial charge in [0.2, 0.25) is 17.8 Å². The molecule has 51 heavy (non-hydrogen) atoms. The Bertz CT molecular complexity index is 1970. The topological polar surface area (TPSA) is 154 Å². The molecule has 4 heterocycles. The number of nitrogens with one attached hydrogen (secondary N) is 1. The second kappa shape index (κ2) is 19.1. The molecule has 4 N–H and O–H groups in total. The van der Waals surface area contributed by atoms with Crippen molar-refractivity contribution in [1.82, 2.24) is 29.5 Å². The summed E-state index contributed by atoms with van der Waals surface area (Å²) >= 11 is 0. The first-order chi connectivity index (χ1) is 24.7. The predicted octanol–water partition coefficient (Wildman–Crippen LogP) is 7.57. The maximum Gasteiger partial charge on any atom is 0.310 e. The van der Waals surface area contributed by atoms with E-state index in [-0.39, 0.29) is 17.7 Å². The van der Waals surface area contributed by atoms with Gasteiger partial charge in [0.15, 0.2) is 5.82 Å². The molecule has 2 aromatic carbocycles. The number of benzene rings is 2. The molecule has 0 aliphatic carbocycles. The lowest BCUT2D eigenvalue weighted by Crippen LogP contribution is -2.21. The van der Waals surface area contributed by atoms with Gasteiger partial charge in [0, 0.05) is 49.1 Å². The summed E-state index contributed by atoms with van der Waals surface area (Å²) in [5.41, 5.74) is 8.44. The Morgan fingerprint density at radius 2 is 1.22 bits per heavy atom. The lowest BCUT2D eigenvalue weighted by Gasteiger charge is -2.15. The van der Waals surface area contributed by atoms with Crippen LogP contribution < -0.4 is 11.1 Å². The number of nitrogens with zero attached hydrogens (tertiary/aromatic N) is 6. The van der Waals surface area contributed by atoms with Crippen LogP contribution in [0.15, 0.2) is 122 Å². The molecule has 0 fully saturated rings. The van der Waals surface area contributed by atoms with E-state index in [1.807, 2.05) is 67.6 Å². The number of carbonyl (C=O) groups is 2. The normalized spacial score (nSPS) is 11.6. The van der Waals surface area contributed by atoms with E-state index in [1.165, 1.54) is 33.9 Å². The monoisotopic (exact) mass is 694 g/mol. The van der Waals surface area contributed by atoms with Gasteiger partial charge in [-0.25, -0.2) is 19.3 Å². The number of halogens is 2. The van der Waals surface area contributed by atoms with Crippen LogP contribution in [0.4, 0.5) is 20.4 Å². The van der Waals surface area contributed by atoms with Gasteiger partial charge in [0.1, 0.15) is 5.82 Å². The number of amides is 1. The zero-order chi connectivity index (χ0) is 36.6. The number of hydrogen-bond donors (Lipinski definition) is 3. The van der Waals surface area contributed by atoms with Crippen LogP contribution in [-0.2, 0) is 9.59 Å². The number of nitrogens with two attached hydrogens (primary N) is 1. The molecule has 264 valence electrons. The molecule has 2 unspecified atom stereocenters. The van der Waals surface area contributed by atoms with Crippen LogP contribution in [0, 0.1) is 11.9 Å². The number of pyridine rings is 2. The Labute approximate surface area is 294 Å². The third-order valence-electron chi connectivity index (χ3n) is 7.57. The zero-order valence-electron chi connectivity index (χ0n) is 28.3. The first kappa shape index (κ1) is 37.6. The molecule has 0 spiro atoms. The summed E-state index contributed by atoms with van der Waals surface area (Å²) in [6.45, 7) is 4.05. The summed E-state index contributed by atoms with van der Waals surface area (Å²) in [5.74, 6) is -1.68. The standard InChI is InChI=1S/C19H19FN4O.C11H14O2.C8H7FN4/c1-2-6-16(14-7-4-3-5-8-14)19(25)22-18-10-12-24(23-18)15-9-11-21-17(20)13-15;1-2-6-10(11(12)13)9-7-4-3-5-8-9;9-7-5-6(1-3-11-7)13-4-2-8(10)12-13/h3-5,7-13,16H,2,6H2,1H3,(H,22,23,25);3-5,7-8,10H,2,6H2,1H3,(H,12,13);1-5H,(H2,10,12). The fourth-order valence-electron chi connectivity index (χ4n) is 5.13. The molecular formula is C38H40F2N8O3. The Morgan fingerprint density at radius 3 is 1.69 bits per heavy atom. The van der Waals surface area contributed by atoms with E-state index in [1.54, 1.807) is 36.7 Å². The second-order valence-corrected chi connectivity index (χ2v) is 11.3. The average Bonchev–Trinajstić information content (AvgIpc) is 3.80. The van der Waals surface area contributed by atoms with E-state index >= 15 is 0 Å². The fraction of sp³-hybridized carbons (Fsp3) is 0.211. The quantitative estimate of drug-likeness (QED) is 0.117. The van der Waals surface area contributed by atoms with Gasteiger partial charge in [-0.1, -0.05) is 87.4 Å². The average molecular weight is 695 g/mol. The van der Waals surface area contributed by atoms with Crippen molar-refractivity contribution in [2.45, 2.75) is 51.4 Å². The van der Waals surface area contributed by atoms with Crippen molar-refractivity contribution >= 4 is 23.5 Å². The Kier molecular flexibility index (Phi) is 14.1. The lowest BCUT2D eigenvalue weighted by atomic mass is 9.94. The predicted molar refractivity (Wildman–Crippen MR) is 191 cm³/mol. The number of carbonyl (C=O) groups excluding carboxylic acids is 1. The molecule has 6 aromatic rings. The molecule has 1 amide bonds. The highest BCUT2D eigenvalue weighted by Gasteiger charge is 2.21. The second-order valence-electron chi connectivity index (χ2n) is 11.3. The van der Waals surface area contributed by atoms with Gasteiger partial charge in [0.05, 0.1) is 23.2 Å². The molecular weight excluding hydrogens is 654 g/mol. The van der Waals surface area contributed by atoms with E-state index in [0.29, 0.717) is 29.4 Å². The van der Waals surface area contributed by atoms with Gasteiger partial charge < -0.3 is 16.2 Å². The molecule has 4 aromatic heterocycles. The van der Waals surface area contributed by atoms with Crippen molar-refractivity contribution in [2.75, 3.05) is 11.1 Å².